The van der Waals surface area contributed by atoms with E-state index in [-0.39, 0.29) is 0 Å². The van der Waals surface area contributed by atoms with Gasteiger partial charge in [-0.2, -0.15) is 0 Å². The van der Waals surface area contributed by atoms with Gasteiger partial charge in [-0.3, -0.25) is 0 Å². The summed E-state index contributed by atoms with van der Waals surface area (Å²) in [6, 6.07) is 8.47. The van der Waals surface area contributed by atoms with Crippen molar-refractivity contribution in [2.24, 2.45) is 5.92 Å². The molecule has 2 aromatic rings. The Morgan fingerprint density at radius 2 is 2.00 bits per heavy atom. The molecule has 3 nitrogen and oxygen atoms in total. The van der Waals surface area contributed by atoms with Gasteiger partial charge >= 0.3 is 0 Å². The standard InChI is InChI=1S/C21H24N2O/c1-16-21(22-15-23(16)14-20-4-2-3-13-24-20)19-11-9-18(10-12-19)8-7-17-5-6-17/h9-12,15,17,20H,2-6,13-14H2,1H3. The molecule has 1 saturated carbocycles. The lowest BCUT2D eigenvalue weighted by Crippen LogP contribution is -2.24. The van der Waals surface area contributed by atoms with Crippen molar-refractivity contribution in [1.29, 1.82) is 0 Å². The Morgan fingerprint density at radius 1 is 1.17 bits per heavy atom. The van der Waals surface area contributed by atoms with Crippen LogP contribution in [-0.4, -0.2) is 22.3 Å². The average Bonchev–Trinajstić information content (AvgIpc) is 3.39. The highest BCUT2D eigenvalue weighted by Crippen LogP contribution is 2.28. The van der Waals surface area contributed by atoms with Gasteiger partial charge in [0.1, 0.15) is 0 Å². The van der Waals surface area contributed by atoms with Crippen molar-refractivity contribution in [3.05, 3.63) is 41.9 Å². The Hall–Kier alpha value is -2.05. The normalized spacial score (nSPS) is 20.5. The third-order valence-corrected chi connectivity index (χ3v) is 4.93. The smallest absolute Gasteiger partial charge is 0.0956 e. The summed E-state index contributed by atoms with van der Waals surface area (Å²) in [5.74, 6) is 7.22. The van der Waals surface area contributed by atoms with Gasteiger partial charge in [0.2, 0.25) is 0 Å². The Morgan fingerprint density at radius 3 is 2.71 bits per heavy atom. The van der Waals surface area contributed by atoms with Crippen LogP contribution in [-0.2, 0) is 11.3 Å². The number of benzene rings is 1. The summed E-state index contributed by atoms with van der Waals surface area (Å²) < 4.78 is 8.08. The average molecular weight is 320 g/mol. The molecule has 0 amide bonds. The molecule has 1 unspecified atom stereocenters. The van der Waals surface area contributed by atoms with Crippen LogP contribution in [0.3, 0.4) is 0 Å². The van der Waals surface area contributed by atoms with Crippen LogP contribution in [0.4, 0.5) is 0 Å². The molecule has 2 aliphatic rings. The summed E-state index contributed by atoms with van der Waals surface area (Å²) >= 11 is 0. The van der Waals surface area contributed by atoms with Gasteiger partial charge in [-0.1, -0.05) is 24.0 Å². The van der Waals surface area contributed by atoms with Crippen LogP contribution in [0.15, 0.2) is 30.6 Å². The molecular weight excluding hydrogens is 296 g/mol. The Kier molecular flexibility index (Phi) is 4.40. The van der Waals surface area contributed by atoms with Crippen molar-refractivity contribution in [3.8, 4) is 23.1 Å². The topological polar surface area (TPSA) is 27.1 Å². The zero-order valence-electron chi connectivity index (χ0n) is 14.3. The first-order valence-electron chi connectivity index (χ1n) is 9.05. The molecule has 1 aliphatic carbocycles. The minimum atomic E-state index is 0.333. The van der Waals surface area contributed by atoms with E-state index in [2.05, 4.69) is 52.6 Å². The van der Waals surface area contributed by atoms with E-state index in [1.807, 2.05) is 6.33 Å². The molecule has 0 radical (unpaired) electrons. The van der Waals surface area contributed by atoms with Crippen molar-refractivity contribution in [2.75, 3.05) is 6.61 Å². The first-order valence-corrected chi connectivity index (χ1v) is 9.05. The number of nitrogens with zero attached hydrogens (tertiary/aromatic N) is 2. The molecule has 2 heterocycles. The van der Waals surface area contributed by atoms with E-state index in [0.29, 0.717) is 12.0 Å². The van der Waals surface area contributed by atoms with E-state index < -0.39 is 0 Å². The van der Waals surface area contributed by atoms with Crippen molar-refractivity contribution in [2.45, 2.75) is 51.7 Å². The second kappa shape index (κ2) is 6.83. The van der Waals surface area contributed by atoms with Crippen LogP contribution in [0.25, 0.3) is 11.3 Å². The molecule has 1 saturated heterocycles. The summed E-state index contributed by atoms with van der Waals surface area (Å²) in [6.07, 6.45) is 8.44. The first kappa shape index (κ1) is 15.5. The minimum absolute atomic E-state index is 0.333. The predicted molar refractivity (Wildman–Crippen MR) is 95.6 cm³/mol. The molecule has 124 valence electrons. The fraction of sp³-hybridized carbons (Fsp3) is 0.476. The maximum Gasteiger partial charge on any atom is 0.0956 e. The second-order valence-corrected chi connectivity index (χ2v) is 6.94. The second-order valence-electron chi connectivity index (χ2n) is 6.94. The molecule has 0 spiro atoms. The third kappa shape index (κ3) is 3.55. The molecule has 4 rings (SSSR count). The van der Waals surface area contributed by atoms with Gasteiger partial charge in [0, 0.05) is 29.3 Å². The van der Waals surface area contributed by atoms with Crippen LogP contribution < -0.4 is 0 Å². The summed E-state index contributed by atoms with van der Waals surface area (Å²) in [5.41, 5.74) is 4.53. The number of hydrogen-bond acceptors (Lipinski definition) is 2. The quantitative estimate of drug-likeness (QED) is 0.793. The lowest BCUT2D eigenvalue weighted by molar-refractivity contribution is 0.00569. The van der Waals surface area contributed by atoms with Crippen molar-refractivity contribution >= 4 is 0 Å². The minimum Gasteiger partial charge on any atom is -0.376 e. The third-order valence-electron chi connectivity index (χ3n) is 4.93. The molecule has 24 heavy (non-hydrogen) atoms. The Balaban J connectivity index is 1.48. The van der Waals surface area contributed by atoms with E-state index in [1.165, 1.54) is 31.4 Å². The van der Waals surface area contributed by atoms with Crippen LogP contribution in [0.1, 0.15) is 43.4 Å². The van der Waals surface area contributed by atoms with Gasteiger partial charge in [-0.05, 0) is 51.2 Å². The predicted octanol–water partition coefficient (Wildman–Crippen LogP) is 4.19. The SMILES string of the molecule is Cc1c(-c2ccc(C#CC3CC3)cc2)ncn1CC1CCCCO1. The van der Waals surface area contributed by atoms with Crippen LogP contribution in [0.5, 0.6) is 0 Å². The maximum absolute atomic E-state index is 5.85. The molecule has 0 bridgehead atoms. The highest BCUT2D eigenvalue weighted by Gasteiger charge is 2.18. The number of aromatic nitrogens is 2. The van der Waals surface area contributed by atoms with E-state index >= 15 is 0 Å². The summed E-state index contributed by atoms with van der Waals surface area (Å²) in [5, 5.41) is 0. The lowest BCUT2D eigenvalue weighted by atomic mass is 10.1. The number of rotatable bonds is 3. The van der Waals surface area contributed by atoms with Crippen LogP contribution in [0.2, 0.25) is 0 Å². The van der Waals surface area contributed by atoms with E-state index in [4.69, 9.17) is 4.74 Å². The molecule has 2 fully saturated rings. The molecule has 1 atom stereocenters. The number of ether oxygens (including phenoxy) is 1. The number of hydrogen-bond donors (Lipinski definition) is 0. The molecule has 3 heteroatoms. The summed E-state index contributed by atoms with van der Waals surface area (Å²) in [4.78, 5) is 4.64. The van der Waals surface area contributed by atoms with E-state index in [1.54, 1.807) is 0 Å². The van der Waals surface area contributed by atoms with Crippen molar-refractivity contribution in [1.82, 2.24) is 9.55 Å². The highest BCUT2D eigenvalue weighted by atomic mass is 16.5. The van der Waals surface area contributed by atoms with Gasteiger partial charge in [0.25, 0.3) is 0 Å². The van der Waals surface area contributed by atoms with E-state index in [9.17, 15) is 0 Å². The monoisotopic (exact) mass is 320 g/mol. The van der Waals surface area contributed by atoms with Gasteiger partial charge in [-0.25, -0.2) is 4.98 Å². The van der Waals surface area contributed by atoms with Crippen molar-refractivity contribution < 1.29 is 4.74 Å². The van der Waals surface area contributed by atoms with Crippen LogP contribution >= 0.6 is 0 Å². The molecule has 0 N–H and O–H groups in total. The fourth-order valence-corrected chi connectivity index (χ4v) is 3.21. The first-order chi connectivity index (χ1) is 11.8. The molecule has 1 aliphatic heterocycles. The highest BCUT2D eigenvalue weighted by molar-refractivity contribution is 5.62. The summed E-state index contributed by atoms with van der Waals surface area (Å²) in [6.45, 7) is 3.95. The van der Waals surface area contributed by atoms with Gasteiger partial charge in [0.15, 0.2) is 0 Å². The van der Waals surface area contributed by atoms with E-state index in [0.717, 1.165) is 36.4 Å². The zero-order valence-corrected chi connectivity index (χ0v) is 14.3. The Labute approximate surface area is 144 Å². The van der Waals surface area contributed by atoms with Gasteiger partial charge < -0.3 is 9.30 Å². The molecular formula is C21H24N2O. The number of imidazole rings is 1. The maximum atomic E-state index is 5.85. The Bertz CT molecular complexity index is 753. The fourth-order valence-electron chi connectivity index (χ4n) is 3.21. The van der Waals surface area contributed by atoms with Gasteiger partial charge in [0.05, 0.1) is 24.7 Å². The molecule has 1 aromatic carbocycles. The van der Waals surface area contributed by atoms with Crippen molar-refractivity contribution in [3.63, 3.8) is 0 Å². The van der Waals surface area contributed by atoms with Gasteiger partial charge in [-0.15, -0.1) is 0 Å². The lowest BCUT2D eigenvalue weighted by Gasteiger charge is -2.23. The molecule has 1 aromatic heterocycles. The summed E-state index contributed by atoms with van der Waals surface area (Å²) in [7, 11) is 0. The zero-order chi connectivity index (χ0) is 16.4. The van der Waals surface area contributed by atoms with Crippen LogP contribution in [0, 0.1) is 24.7 Å². The largest absolute Gasteiger partial charge is 0.376 e.